The van der Waals surface area contributed by atoms with Crippen LogP contribution < -0.4 is 10.5 Å². The summed E-state index contributed by atoms with van der Waals surface area (Å²) in [6.07, 6.45) is 1.01. The lowest BCUT2D eigenvalue weighted by Gasteiger charge is -2.09. The van der Waals surface area contributed by atoms with E-state index in [1.165, 1.54) is 17.7 Å². The molecule has 2 rings (SSSR count). The molecule has 3 heteroatoms. The van der Waals surface area contributed by atoms with Gasteiger partial charge >= 0.3 is 0 Å². The molecule has 0 spiro atoms. The summed E-state index contributed by atoms with van der Waals surface area (Å²) in [6.45, 7) is 2.45. The maximum Gasteiger partial charge on any atom is 0.125 e. The molecule has 0 aliphatic rings. The average molecular weight is 245 g/mol. The van der Waals surface area contributed by atoms with Crippen LogP contribution in [0.15, 0.2) is 42.5 Å². The smallest absolute Gasteiger partial charge is 0.125 e. The fraction of sp³-hybridized carbons (Fsp3) is 0.200. The molecule has 18 heavy (non-hydrogen) atoms. The highest BCUT2D eigenvalue weighted by molar-refractivity contribution is 5.46. The highest BCUT2D eigenvalue weighted by atomic mass is 19.1. The minimum Gasteiger partial charge on any atom is -0.489 e. The van der Waals surface area contributed by atoms with Crippen LogP contribution >= 0.6 is 0 Å². The van der Waals surface area contributed by atoms with Gasteiger partial charge in [0.05, 0.1) is 0 Å². The molecule has 0 bridgehead atoms. The third-order valence-electron chi connectivity index (χ3n) is 2.83. The van der Waals surface area contributed by atoms with Crippen molar-refractivity contribution in [1.29, 1.82) is 0 Å². The quantitative estimate of drug-likeness (QED) is 0.836. The summed E-state index contributed by atoms with van der Waals surface area (Å²) < 4.78 is 18.5. The predicted molar refractivity (Wildman–Crippen MR) is 71.0 cm³/mol. The summed E-state index contributed by atoms with van der Waals surface area (Å²) in [6, 6.07) is 12.3. The molecule has 0 aliphatic carbocycles. The van der Waals surface area contributed by atoms with Crippen LogP contribution in [0.2, 0.25) is 0 Å². The number of nitrogen functional groups attached to an aromatic ring is 1. The number of rotatable bonds is 4. The molecule has 0 aromatic heterocycles. The SMILES string of the molecule is CCc1ccc(OCc2ccc(F)cc2N)cc1. The molecule has 0 radical (unpaired) electrons. The Balaban J connectivity index is 2.02. The second-order valence-electron chi connectivity index (χ2n) is 4.13. The molecule has 2 nitrogen and oxygen atoms in total. The first-order chi connectivity index (χ1) is 8.69. The lowest BCUT2D eigenvalue weighted by molar-refractivity contribution is 0.306. The van der Waals surface area contributed by atoms with Gasteiger partial charge in [0, 0.05) is 11.3 Å². The minimum absolute atomic E-state index is 0.330. The molecule has 94 valence electrons. The van der Waals surface area contributed by atoms with Gasteiger partial charge in [-0.3, -0.25) is 0 Å². The molecule has 2 aromatic rings. The zero-order valence-corrected chi connectivity index (χ0v) is 10.3. The maximum absolute atomic E-state index is 12.9. The molecule has 0 saturated heterocycles. The lowest BCUT2D eigenvalue weighted by Crippen LogP contribution is -2.00. The number of anilines is 1. The summed E-state index contributed by atoms with van der Waals surface area (Å²) in [5.41, 5.74) is 8.18. The molecular weight excluding hydrogens is 229 g/mol. The Morgan fingerprint density at radius 3 is 2.44 bits per heavy atom. The fourth-order valence-corrected chi connectivity index (χ4v) is 1.68. The van der Waals surface area contributed by atoms with Crippen LogP contribution in [-0.2, 0) is 13.0 Å². The number of hydrogen-bond donors (Lipinski definition) is 1. The van der Waals surface area contributed by atoms with Gasteiger partial charge in [-0.15, -0.1) is 0 Å². The van der Waals surface area contributed by atoms with Gasteiger partial charge in [0.25, 0.3) is 0 Å². The van der Waals surface area contributed by atoms with Crippen molar-refractivity contribution in [1.82, 2.24) is 0 Å². The lowest BCUT2D eigenvalue weighted by atomic mass is 10.1. The molecular formula is C15H16FNO. The Labute approximate surface area is 106 Å². The van der Waals surface area contributed by atoms with Gasteiger partial charge in [-0.2, -0.15) is 0 Å². The van der Waals surface area contributed by atoms with Gasteiger partial charge in [-0.25, -0.2) is 4.39 Å². The van der Waals surface area contributed by atoms with E-state index in [0.717, 1.165) is 17.7 Å². The van der Waals surface area contributed by atoms with Gasteiger partial charge in [0.2, 0.25) is 0 Å². The minimum atomic E-state index is -0.330. The summed E-state index contributed by atoms with van der Waals surface area (Å²) in [7, 11) is 0. The summed E-state index contributed by atoms with van der Waals surface area (Å²) in [5, 5.41) is 0. The van der Waals surface area contributed by atoms with Gasteiger partial charge in [-0.05, 0) is 36.2 Å². The van der Waals surface area contributed by atoms with Crippen molar-refractivity contribution in [3.05, 3.63) is 59.4 Å². The van der Waals surface area contributed by atoms with E-state index in [1.807, 2.05) is 24.3 Å². The van der Waals surface area contributed by atoms with Gasteiger partial charge in [-0.1, -0.05) is 25.1 Å². The van der Waals surface area contributed by atoms with Crippen LogP contribution in [-0.4, -0.2) is 0 Å². The monoisotopic (exact) mass is 245 g/mol. The van der Waals surface area contributed by atoms with Crippen molar-refractivity contribution in [2.24, 2.45) is 0 Å². The first kappa shape index (κ1) is 12.4. The molecule has 0 atom stereocenters. The molecule has 0 saturated carbocycles. The molecule has 0 amide bonds. The molecule has 0 heterocycles. The first-order valence-corrected chi connectivity index (χ1v) is 5.94. The van der Waals surface area contributed by atoms with E-state index in [9.17, 15) is 4.39 Å². The standard InChI is InChI=1S/C15H16FNO/c1-2-11-3-7-14(8-4-11)18-10-12-5-6-13(16)9-15(12)17/h3-9H,2,10,17H2,1H3. The van der Waals surface area contributed by atoms with E-state index in [0.29, 0.717) is 12.3 Å². The van der Waals surface area contributed by atoms with E-state index < -0.39 is 0 Å². The summed E-state index contributed by atoms with van der Waals surface area (Å²) in [4.78, 5) is 0. The van der Waals surface area contributed by atoms with E-state index in [1.54, 1.807) is 6.07 Å². The number of aryl methyl sites for hydroxylation is 1. The normalized spacial score (nSPS) is 10.3. The second-order valence-corrected chi connectivity index (χ2v) is 4.13. The molecule has 0 aliphatic heterocycles. The second kappa shape index (κ2) is 5.54. The topological polar surface area (TPSA) is 35.2 Å². The van der Waals surface area contributed by atoms with Crippen LogP contribution in [0.4, 0.5) is 10.1 Å². The average Bonchev–Trinajstić information content (AvgIpc) is 2.38. The van der Waals surface area contributed by atoms with Crippen molar-refractivity contribution in [2.75, 3.05) is 5.73 Å². The van der Waals surface area contributed by atoms with Crippen LogP contribution in [0.1, 0.15) is 18.1 Å². The Hall–Kier alpha value is -2.03. The Morgan fingerprint density at radius 2 is 1.83 bits per heavy atom. The zero-order valence-electron chi connectivity index (χ0n) is 10.3. The largest absolute Gasteiger partial charge is 0.489 e. The molecule has 0 unspecified atom stereocenters. The third-order valence-corrected chi connectivity index (χ3v) is 2.83. The number of nitrogens with two attached hydrogens (primary N) is 1. The van der Waals surface area contributed by atoms with Crippen molar-refractivity contribution in [2.45, 2.75) is 20.0 Å². The van der Waals surface area contributed by atoms with Crippen LogP contribution in [0.25, 0.3) is 0 Å². The summed E-state index contributed by atoms with van der Waals surface area (Å²) >= 11 is 0. The van der Waals surface area contributed by atoms with Crippen molar-refractivity contribution >= 4 is 5.69 Å². The van der Waals surface area contributed by atoms with Gasteiger partial charge in [0.1, 0.15) is 18.2 Å². The Bertz CT molecular complexity index is 523. The number of hydrogen-bond acceptors (Lipinski definition) is 2. The van der Waals surface area contributed by atoms with Crippen molar-refractivity contribution < 1.29 is 9.13 Å². The maximum atomic E-state index is 12.9. The van der Waals surface area contributed by atoms with E-state index >= 15 is 0 Å². The number of halogens is 1. The van der Waals surface area contributed by atoms with Crippen LogP contribution in [0.3, 0.4) is 0 Å². The van der Waals surface area contributed by atoms with Crippen molar-refractivity contribution in [3.8, 4) is 5.75 Å². The number of ether oxygens (including phenoxy) is 1. The zero-order chi connectivity index (χ0) is 13.0. The van der Waals surface area contributed by atoms with Crippen molar-refractivity contribution in [3.63, 3.8) is 0 Å². The van der Waals surface area contributed by atoms with E-state index in [4.69, 9.17) is 10.5 Å². The Kier molecular flexibility index (Phi) is 3.82. The van der Waals surface area contributed by atoms with Gasteiger partial charge in [0.15, 0.2) is 0 Å². The summed E-state index contributed by atoms with van der Waals surface area (Å²) in [5.74, 6) is 0.458. The van der Waals surface area contributed by atoms with Crippen LogP contribution in [0.5, 0.6) is 5.75 Å². The molecule has 0 fully saturated rings. The highest BCUT2D eigenvalue weighted by Gasteiger charge is 2.02. The van der Waals surface area contributed by atoms with E-state index in [2.05, 4.69) is 6.92 Å². The predicted octanol–water partition coefficient (Wildman–Crippen LogP) is 3.55. The molecule has 2 N–H and O–H groups in total. The first-order valence-electron chi connectivity index (χ1n) is 5.94. The highest BCUT2D eigenvalue weighted by Crippen LogP contribution is 2.18. The third kappa shape index (κ3) is 3.00. The van der Waals surface area contributed by atoms with Crippen LogP contribution in [0, 0.1) is 5.82 Å². The Morgan fingerprint density at radius 1 is 1.11 bits per heavy atom. The number of benzene rings is 2. The van der Waals surface area contributed by atoms with Gasteiger partial charge < -0.3 is 10.5 Å². The van der Waals surface area contributed by atoms with E-state index in [-0.39, 0.29) is 5.82 Å². The molecule has 2 aromatic carbocycles. The fourth-order valence-electron chi connectivity index (χ4n) is 1.68.